The second-order valence-corrected chi connectivity index (χ2v) is 4.60. The summed E-state index contributed by atoms with van der Waals surface area (Å²) in [5, 5.41) is 15.8. The van der Waals surface area contributed by atoms with Crippen molar-refractivity contribution < 1.29 is 9.84 Å². The summed E-state index contributed by atoms with van der Waals surface area (Å²) in [6, 6.07) is 7.81. The minimum absolute atomic E-state index is 0. The molecule has 1 aromatic rings. The average molecular weight is 421 g/mol. The van der Waals surface area contributed by atoms with Gasteiger partial charge in [0.1, 0.15) is 0 Å². The third-order valence-electron chi connectivity index (χ3n) is 3.00. The molecule has 22 heavy (non-hydrogen) atoms. The number of aliphatic imine (C=N–C) groups is 1. The molecule has 0 amide bonds. The normalized spacial score (nSPS) is 11.0. The lowest BCUT2D eigenvalue weighted by molar-refractivity contribution is 0.145. The van der Waals surface area contributed by atoms with Crippen molar-refractivity contribution in [3.63, 3.8) is 0 Å². The van der Waals surface area contributed by atoms with Crippen LogP contribution in [0.25, 0.3) is 0 Å². The van der Waals surface area contributed by atoms with Crippen molar-refractivity contribution in [2.45, 2.75) is 33.4 Å². The Morgan fingerprint density at radius 2 is 1.91 bits per heavy atom. The summed E-state index contributed by atoms with van der Waals surface area (Å²) < 4.78 is 5.31. The predicted octanol–water partition coefficient (Wildman–Crippen LogP) is 2.28. The molecule has 0 heterocycles. The molecule has 0 aliphatic heterocycles. The highest BCUT2D eigenvalue weighted by Crippen LogP contribution is 2.09. The van der Waals surface area contributed by atoms with E-state index in [1.807, 2.05) is 38.1 Å². The molecule has 5 nitrogen and oxygen atoms in total. The van der Waals surface area contributed by atoms with Crippen LogP contribution in [0.1, 0.15) is 31.4 Å². The number of aliphatic hydroxyl groups is 1. The molecular formula is C16H28IN3O2. The fourth-order valence-corrected chi connectivity index (χ4v) is 1.90. The summed E-state index contributed by atoms with van der Waals surface area (Å²) in [5.74, 6) is 0.793. The smallest absolute Gasteiger partial charge is 0.191 e. The minimum atomic E-state index is 0. The maximum absolute atomic E-state index is 9.32. The Labute approximate surface area is 150 Å². The van der Waals surface area contributed by atoms with E-state index in [1.165, 1.54) is 0 Å². The van der Waals surface area contributed by atoms with Gasteiger partial charge >= 0.3 is 0 Å². The number of hydrogen-bond acceptors (Lipinski definition) is 3. The third kappa shape index (κ3) is 8.55. The summed E-state index contributed by atoms with van der Waals surface area (Å²) in [7, 11) is 0. The quantitative estimate of drug-likeness (QED) is 0.248. The van der Waals surface area contributed by atoms with Crippen LogP contribution in [0.3, 0.4) is 0 Å². The first-order chi connectivity index (χ1) is 10.3. The highest BCUT2D eigenvalue weighted by molar-refractivity contribution is 14.0. The van der Waals surface area contributed by atoms with Gasteiger partial charge in [0.15, 0.2) is 5.96 Å². The van der Waals surface area contributed by atoms with Gasteiger partial charge in [0.25, 0.3) is 0 Å². The first-order valence-corrected chi connectivity index (χ1v) is 7.59. The Kier molecular flexibility index (Phi) is 13.2. The average Bonchev–Trinajstić information content (AvgIpc) is 2.52. The van der Waals surface area contributed by atoms with Gasteiger partial charge < -0.3 is 20.5 Å². The highest BCUT2D eigenvalue weighted by Gasteiger charge is 2.01. The van der Waals surface area contributed by atoms with E-state index in [0.29, 0.717) is 6.54 Å². The van der Waals surface area contributed by atoms with Gasteiger partial charge in [-0.15, -0.1) is 24.0 Å². The van der Waals surface area contributed by atoms with Gasteiger partial charge in [-0.05, 0) is 31.4 Å². The van der Waals surface area contributed by atoms with Crippen molar-refractivity contribution in [3.8, 4) is 0 Å². The van der Waals surface area contributed by atoms with Gasteiger partial charge in [0, 0.05) is 26.3 Å². The van der Waals surface area contributed by atoms with Gasteiger partial charge in [-0.1, -0.05) is 24.3 Å². The molecule has 1 rings (SSSR count). The van der Waals surface area contributed by atoms with Crippen LogP contribution >= 0.6 is 24.0 Å². The molecule has 0 atom stereocenters. The molecule has 6 heteroatoms. The SMILES string of the molecule is CCNC(=NCc1ccccc1CO)NCCCOCC.I. The maximum Gasteiger partial charge on any atom is 0.191 e. The van der Waals surface area contributed by atoms with E-state index in [1.54, 1.807) is 0 Å². The van der Waals surface area contributed by atoms with Crippen LogP contribution in [0.15, 0.2) is 29.3 Å². The lowest BCUT2D eigenvalue weighted by atomic mass is 10.1. The van der Waals surface area contributed by atoms with Crippen molar-refractivity contribution in [2.75, 3.05) is 26.3 Å². The van der Waals surface area contributed by atoms with E-state index >= 15 is 0 Å². The van der Waals surface area contributed by atoms with E-state index in [9.17, 15) is 5.11 Å². The molecule has 3 N–H and O–H groups in total. The van der Waals surface area contributed by atoms with Crippen LogP contribution in [-0.4, -0.2) is 37.4 Å². The summed E-state index contributed by atoms with van der Waals surface area (Å²) >= 11 is 0. The summed E-state index contributed by atoms with van der Waals surface area (Å²) in [6.45, 7) is 7.80. The molecule has 0 bridgehead atoms. The van der Waals surface area contributed by atoms with Gasteiger partial charge in [-0.3, -0.25) is 0 Å². The number of guanidine groups is 1. The molecule has 0 saturated carbocycles. The Morgan fingerprint density at radius 1 is 1.18 bits per heavy atom. The number of hydrogen-bond donors (Lipinski definition) is 3. The third-order valence-corrected chi connectivity index (χ3v) is 3.00. The molecule has 0 radical (unpaired) electrons. The Balaban J connectivity index is 0.00000441. The molecule has 126 valence electrons. The number of benzene rings is 1. The van der Waals surface area contributed by atoms with Crippen molar-refractivity contribution in [1.82, 2.24) is 10.6 Å². The second kappa shape index (κ2) is 13.8. The Morgan fingerprint density at radius 3 is 2.55 bits per heavy atom. The number of rotatable bonds is 9. The van der Waals surface area contributed by atoms with Gasteiger partial charge in [0.05, 0.1) is 13.2 Å². The van der Waals surface area contributed by atoms with Crippen LogP contribution in [0.4, 0.5) is 0 Å². The number of halogens is 1. The largest absolute Gasteiger partial charge is 0.392 e. The summed E-state index contributed by atoms with van der Waals surface area (Å²) in [4.78, 5) is 4.55. The molecule has 0 aromatic heterocycles. The molecule has 0 unspecified atom stereocenters. The fourth-order valence-electron chi connectivity index (χ4n) is 1.90. The lowest BCUT2D eigenvalue weighted by Crippen LogP contribution is -2.38. The molecule has 1 aromatic carbocycles. The zero-order valence-corrected chi connectivity index (χ0v) is 15.8. The molecule has 0 spiro atoms. The zero-order valence-electron chi connectivity index (χ0n) is 13.5. The van der Waals surface area contributed by atoms with E-state index in [4.69, 9.17) is 4.74 Å². The zero-order chi connectivity index (χ0) is 15.3. The van der Waals surface area contributed by atoms with Crippen LogP contribution < -0.4 is 10.6 Å². The minimum Gasteiger partial charge on any atom is -0.392 e. The van der Waals surface area contributed by atoms with Crippen LogP contribution in [0.2, 0.25) is 0 Å². The van der Waals surface area contributed by atoms with Crippen LogP contribution in [0, 0.1) is 0 Å². The summed E-state index contributed by atoms with van der Waals surface area (Å²) in [6.07, 6.45) is 0.950. The second-order valence-electron chi connectivity index (χ2n) is 4.60. The number of aliphatic hydroxyl groups excluding tert-OH is 1. The Hall–Kier alpha value is -0.860. The number of nitrogens with one attached hydrogen (secondary N) is 2. The van der Waals surface area contributed by atoms with Gasteiger partial charge in [-0.25, -0.2) is 4.99 Å². The first-order valence-electron chi connectivity index (χ1n) is 7.59. The van der Waals surface area contributed by atoms with Crippen molar-refractivity contribution in [1.29, 1.82) is 0 Å². The monoisotopic (exact) mass is 421 g/mol. The van der Waals surface area contributed by atoms with Gasteiger partial charge in [0.2, 0.25) is 0 Å². The van der Waals surface area contributed by atoms with E-state index < -0.39 is 0 Å². The highest BCUT2D eigenvalue weighted by atomic mass is 127. The number of nitrogens with zero attached hydrogens (tertiary/aromatic N) is 1. The maximum atomic E-state index is 9.32. The molecule has 0 fully saturated rings. The summed E-state index contributed by atoms with van der Waals surface area (Å²) in [5.41, 5.74) is 1.97. The van der Waals surface area contributed by atoms with Crippen molar-refractivity contribution in [2.24, 2.45) is 4.99 Å². The van der Waals surface area contributed by atoms with Crippen LogP contribution in [-0.2, 0) is 17.9 Å². The number of ether oxygens (including phenoxy) is 1. The molecule has 0 saturated heterocycles. The Bertz CT molecular complexity index is 428. The van der Waals surface area contributed by atoms with Crippen LogP contribution in [0.5, 0.6) is 0 Å². The van der Waals surface area contributed by atoms with E-state index in [-0.39, 0.29) is 30.6 Å². The van der Waals surface area contributed by atoms with Crippen molar-refractivity contribution in [3.05, 3.63) is 35.4 Å². The first kappa shape index (κ1) is 21.1. The predicted molar refractivity (Wildman–Crippen MR) is 102 cm³/mol. The molecule has 0 aliphatic rings. The van der Waals surface area contributed by atoms with E-state index in [0.717, 1.165) is 49.8 Å². The lowest BCUT2D eigenvalue weighted by Gasteiger charge is -2.12. The fraction of sp³-hybridized carbons (Fsp3) is 0.562. The van der Waals surface area contributed by atoms with Crippen molar-refractivity contribution >= 4 is 29.9 Å². The topological polar surface area (TPSA) is 65.9 Å². The van der Waals surface area contributed by atoms with Gasteiger partial charge in [-0.2, -0.15) is 0 Å². The standard InChI is InChI=1S/C16H27N3O2.HI/c1-3-17-16(18-10-7-11-21-4-2)19-12-14-8-5-6-9-15(14)13-20;/h5-6,8-9,20H,3-4,7,10-13H2,1-2H3,(H2,17,18,19);1H. The van der Waals surface area contributed by atoms with E-state index in [2.05, 4.69) is 15.6 Å². The molecular weight excluding hydrogens is 393 g/mol. The molecule has 0 aliphatic carbocycles.